The van der Waals surface area contributed by atoms with Crippen molar-refractivity contribution in [3.63, 3.8) is 0 Å². The monoisotopic (exact) mass is 656 g/mol. The van der Waals surface area contributed by atoms with Gasteiger partial charge in [-0.2, -0.15) is 0 Å². The Hall–Kier alpha value is -6.78. The molecule has 3 heterocycles. The zero-order chi connectivity index (χ0) is 33.7. The van der Waals surface area contributed by atoms with Crippen LogP contribution in [0.25, 0.3) is 66.6 Å². The zero-order valence-corrected chi connectivity index (χ0v) is 27.7. The lowest BCUT2D eigenvalue weighted by molar-refractivity contribution is 0.472. The number of ether oxygens (including phenoxy) is 2. The van der Waals surface area contributed by atoms with Crippen LogP contribution in [0.4, 0.5) is 0 Å². The second kappa shape index (κ2) is 12.0. The zero-order valence-electron chi connectivity index (χ0n) is 27.7. The molecule has 0 aliphatic carbocycles. The van der Waals surface area contributed by atoms with Gasteiger partial charge in [-0.1, -0.05) is 109 Å². The molecule has 0 fully saturated rings. The Morgan fingerprint density at radius 2 is 1.14 bits per heavy atom. The van der Waals surface area contributed by atoms with Crippen LogP contribution in [0.5, 0.6) is 23.0 Å². The van der Waals surface area contributed by atoms with Crippen LogP contribution in [0.15, 0.2) is 176 Å². The Labute approximate surface area is 296 Å². The summed E-state index contributed by atoms with van der Waals surface area (Å²) >= 11 is 0. The molecule has 0 atom stereocenters. The molecule has 242 valence electrons. The minimum atomic E-state index is 0.763. The van der Waals surface area contributed by atoms with Crippen LogP contribution < -0.4 is 14.8 Å². The van der Waals surface area contributed by atoms with E-state index in [2.05, 4.69) is 156 Å². The molecule has 7 aromatic carbocycles. The van der Waals surface area contributed by atoms with Crippen LogP contribution in [0.1, 0.15) is 5.56 Å². The Bertz CT molecular complexity index is 2700. The molecule has 0 saturated carbocycles. The van der Waals surface area contributed by atoms with Crippen LogP contribution in [-0.4, -0.2) is 11.1 Å². The first-order valence-electron chi connectivity index (χ1n) is 17.3. The van der Waals surface area contributed by atoms with Crippen molar-refractivity contribution in [3.8, 4) is 62.1 Å². The molecule has 0 radical (unpaired) electrons. The van der Waals surface area contributed by atoms with E-state index in [0.717, 1.165) is 85.4 Å². The molecule has 4 heteroatoms. The number of hydrogen-bond donors (Lipinski definition) is 1. The fourth-order valence-corrected chi connectivity index (χ4v) is 7.56. The molecular weight excluding hydrogens is 625 g/mol. The van der Waals surface area contributed by atoms with Gasteiger partial charge in [-0.25, -0.2) is 0 Å². The Morgan fingerprint density at radius 1 is 0.471 bits per heavy atom. The topological polar surface area (TPSA) is 35.4 Å². The number of nitrogens with one attached hydrogen (secondary N) is 1. The summed E-state index contributed by atoms with van der Waals surface area (Å²) < 4.78 is 16.3. The predicted octanol–water partition coefficient (Wildman–Crippen LogP) is 12.2. The maximum absolute atomic E-state index is 7.11. The third-order valence-electron chi connectivity index (χ3n) is 9.90. The van der Waals surface area contributed by atoms with Crippen molar-refractivity contribution in [3.05, 3.63) is 182 Å². The van der Waals surface area contributed by atoms with Crippen LogP contribution in [0.2, 0.25) is 0 Å². The van der Waals surface area contributed by atoms with E-state index in [0.29, 0.717) is 0 Å². The quantitative estimate of drug-likeness (QED) is 0.206. The molecule has 8 aromatic rings. The minimum absolute atomic E-state index is 0.763. The molecule has 51 heavy (non-hydrogen) atoms. The van der Waals surface area contributed by atoms with Gasteiger partial charge in [0.2, 0.25) is 0 Å². The van der Waals surface area contributed by atoms with Crippen molar-refractivity contribution in [2.45, 2.75) is 0 Å². The molecular formula is C47H32N2O2. The maximum atomic E-state index is 7.11. The van der Waals surface area contributed by atoms with Gasteiger partial charge < -0.3 is 19.4 Å². The standard InChI is InChI=1S/C47H32N2O2/c1-2-13-33(14-3-1)49-41-20-7-4-15-35(41)39-29-31(25-27-42(39)49)34-18-12-23-45-47(34)38-17-6-9-22-44(38)50-43-21-8-5-16-36(43)37-26-24-32(30-46(37)51-45)40-19-10-11-28-48-40/h1-27,29-30,48H,28H2. The molecule has 2 aliphatic rings. The normalized spacial score (nSPS) is 13.1. The van der Waals surface area contributed by atoms with Gasteiger partial charge >= 0.3 is 0 Å². The highest BCUT2D eigenvalue weighted by molar-refractivity contribution is 6.11. The summed E-state index contributed by atoms with van der Waals surface area (Å²) in [6.07, 6.45) is 6.31. The van der Waals surface area contributed by atoms with Crippen molar-refractivity contribution in [1.82, 2.24) is 9.88 Å². The van der Waals surface area contributed by atoms with E-state index >= 15 is 0 Å². The van der Waals surface area contributed by atoms with E-state index in [9.17, 15) is 0 Å². The van der Waals surface area contributed by atoms with E-state index in [1.54, 1.807) is 0 Å². The fourth-order valence-electron chi connectivity index (χ4n) is 7.56. The smallest absolute Gasteiger partial charge is 0.136 e. The van der Waals surface area contributed by atoms with Gasteiger partial charge in [0.15, 0.2) is 0 Å². The Kier molecular flexibility index (Phi) is 6.85. The fraction of sp³-hybridized carbons (Fsp3) is 0.0213. The van der Waals surface area contributed by atoms with E-state index < -0.39 is 0 Å². The SMILES string of the molecule is C1=CCNC(c2ccc3c(c2)Oc2cccc(-c4ccc5c(c4)c4ccccc4n5-c4ccccc4)c2-c2ccccc2Oc2ccccc2-3)=C1. The molecule has 0 saturated heterocycles. The summed E-state index contributed by atoms with van der Waals surface area (Å²) in [7, 11) is 0. The predicted molar refractivity (Wildman–Crippen MR) is 209 cm³/mol. The number of nitrogens with zero attached hydrogens (tertiary/aromatic N) is 1. The lowest BCUT2D eigenvalue weighted by atomic mass is 9.92. The molecule has 0 spiro atoms. The highest BCUT2D eigenvalue weighted by Crippen LogP contribution is 2.50. The summed E-state index contributed by atoms with van der Waals surface area (Å²) in [6.45, 7) is 0.789. The third-order valence-corrected chi connectivity index (χ3v) is 9.90. The summed E-state index contributed by atoms with van der Waals surface area (Å²) in [5.41, 5.74) is 11.7. The largest absolute Gasteiger partial charge is 0.456 e. The molecule has 0 unspecified atom stereocenters. The first kappa shape index (κ1) is 29.2. The lowest BCUT2D eigenvalue weighted by Gasteiger charge is -2.24. The second-order valence-corrected chi connectivity index (χ2v) is 12.9. The number of rotatable bonds is 3. The first-order valence-corrected chi connectivity index (χ1v) is 17.3. The molecule has 1 N–H and O–H groups in total. The average molecular weight is 657 g/mol. The van der Waals surface area contributed by atoms with Crippen molar-refractivity contribution in [1.29, 1.82) is 0 Å². The van der Waals surface area contributed by atoms with Gasteiger partial charge in [0.1, 0.15) is 23.0 Å². The van der Waals surface area contributed by atoms with Gasteiger partial charge in [-0.15, -0.1) is 0 Å². The highest BCUT2D eigenvalue weighted by Gasteiger charge is 2.24. The number of para-hydroxylation sites is 4. The third kappa shape index (κ3) is 4.92. The molecule has 0 amide bonds. The maximum Gasteiger partial charge on any atom is 0.136 e. The number of aromatic nitrogens is 1. The van der Waals surface area contributed by atoms with Crippen LogP contribution in [0.3, 0.4) is 0 Å². The number of fused-ring (bicyclic) bond motifs is 9. The van der Waals surface area contributed by atoms with E-state index in [1.165, 1.54) is 16.3 Å². The number of dihydropyridines is 1. The van der Waals surface area contributed by atoms with Crippen LogP contribution in [0, 0.1) is 0 Å². The number of benzene rings is 7. The number of hydrogen-bond acceptors (Lipinski definition) is 3. The second-order valence-electron chi connectivity index (χ2n) is 12.9. The van der Waals surface area contributed by atoms with Gasteiger partial charge in [0.25, 0.3) is 0 Å². The Morgan fingerprint density at radius 3 is 2.00 bits per heavy atom. The molecule has 1 aromatic heterocycles. The molecule has 0 bridgehead atoms. The van der Waals surface area contributed by atoms with Crippen molar-refractivity contribution < 1.29 is 9.47 Å². The lowest BCUT2D eigenvalue weighted by Crippen LogP contribution is -2.14. The minimum Gasteiger partial charge on any atom is -0.456 e. The first-order chi connectivity index (χ1) is 25.3. The Balaban J connectivity index is 1.21. The van der Waals surface area contributed by atoms with Gasteiger partial charge in [0, 0.05) is 56.5 Å². The van der Waals surface area contributed by atoms with Gasteiger partial charge in [0.05, 0.1) is 11.0 Å². The van der Waals surface area contributed by atoms with Crippen molar-refractivity contribution in [2.75, 3.05) is 6.54 Å². The summed E-state index contributed by atoms with van der Waals surface area (Å²) in [6, 6.07) is 55.3. The van der Waals surface area contributed by atoms with E-state index in [-0.39, 0.29) is 0 Å². The molecule has 4 nitrogen and oxygen atoms in total. The highest BCUT2D eigenvalue weighted by atomic mass is 16.5. The van der Waals surface area contributed by atoms with E-state index in [1.807, 2.05) is 30.3 Å². The molecule has 10 rings (SSSR count). The van der Waals surface area contributed by atoms with Crippen LogP contribution in [-0.2, 0) is 0 Å². The average Bonchev–Trinajstić information content (AvgIpc) is 3.53. The van der Waals surface area contributed by atoms with Crippen molar-refractivity contribution >= 4 is 27.5 Å². The summed E-state index contributed by atoms with van der Waals surface area (Å²) in [4.78, 5) is 0. The molecule has 2 aliphatic heterocycles. The van der Waals surface area contributed by atoms with Crippen molar-refractivity contribution in [2.24, 2.45) is 0 Å². The van der Waals surface area contributed by atoms with Gasteiger partial charge in [-0.05, 0) is 77.9 Å². The number of allylic oxidation sites excluding steroid dienone is 2. The van der Waals surface area contributed by atoms with Crippen LogP contribution >= 0.6 is 0 Å². The van der Waals surface area contributed by atoms with E-state index in [4.69, 9.17) is 9.47 Å². The summed E-state index contributed by atoms with van der Waals surface area (Å²) in [5.74, 6) is 3.07. The van der Waals surface area contributed by atoms with Gasteiger partial charge in [-0.3, -0.25) is 0 Å². The summed E-state index contributed by atoms with van der Waals surface area (Å²) in [5, 5.41) is 5.91.